The summed E-state index contributed by atoms with van der Waals surface area (Å²) in [5.41, 5.74) is 2.99. The van der Waals surface area contributed by atoms with Crippen molar-refractivity contribution in [2.24, 2.45) is 0 Å². The molecule has 0 heterocycles. The molecule has 0 bridgehead atoms. The van der Waals surface area contributed by atoms with Crippen molar-refractivity contribution in [3.05, 3.63) is 76.1 Å². The number of rotatable bonds is 4. The lowest BCUT2D eigenvalue weighted by Crippen LogP contribution is -2.18. The van der Waals surface area contributed by atoms with Crippen LogP contribution in [0.4, 0.5) is 17.6 Å². The summed E-state index contributed by atoms with van der Waals surface area (Å²) in [6, 6.07) is 6.32. The third-order valence-corrected chi connectivity index (χ3v) is 3.99. The lowest BCUT2D eigenvalue weighted by Gasteiger charge is -2.14. The maximum atomic E-state index is 14.4. The SMILES string of the molecule is C=CCCc1cc(C)c(C#Cc2cc(C)c(OC(F)(F)F)c(C)c2)c(F)c1. The van der Waals surface area contributed by atoms with Gasteiger partial charge in [-0.3, -0.25) is 0 Å². The van der Waals surface area contributed by atoms with E-state index in [9.17, 15) is 17.6 Å². The van der Waals surface area contributed by atoms with Crippen LogP contribution in [-0.2, 0) is 6.42 Å². The van der Waals surface area contributed by atoms with Crippen LogP contribution in [0.5, 0.6) is 5.75 Å². The molecule has 0 saturated carbocycles. The first-order valence-electron chi connectivity index (χ1n) is 8.39. The Morgan fingerprint density at radius 3 is 2.15 bits per heavy atom. The van der Waals surface area contributed by atoms with E-state index in [0.29, 0.717) is 28.7 Å². The molecule has 142 valence electrons. The van der Waals surface area contributed by atoms with Crippen LogP contribution in [0.15, 0.2) is 36.9 Å². The third kappa shape index (κ3) is 5.62. The number of hydrogen-bond donors (Lipinski definition) is 0. The highest BCUT2D eigenvalue weighted by Gasteiger charge is 2.32. The summed E-state index contributed by atoms with van der Waals surface area (Å²) in [5.74, 6) is 4.98. The lowest BCUT2D eigenvalue weighted by atomic mass is 10.0. The van der Waals surface area contributed by atoms with Gasteiger partial charge in [-0.1, -0.05) is 24.0 Å². The van der Waals surface area contributed by atoms with Crippen molar-refractivity contribution in [2.75, 3.05) is 0 Å². The topological polar surface area (TPSA) is 9.23 Å². The molecule has 0 aromatic heterocycles. The van der Waals surface area contributed by atoms with Gasteiger partial charge in [0.05, 0.1) is 5.56 Å². The average Bonchev–Trinajstić information content (AvgIpc) is 2.54. The number of benzene rings is 2. The van der Waals surface area contributed by atoms with Gasteiger partial charge in [0.25, 0.3) is 0 Å². The number of ether oxygens (including phenoxy) is 1. The van der Waals surface area contributed by atoms with E-state index >= 15 is 0 Å². The summed E-state index contributed by atoms with van der Waals surface area (Å²) in [7, 11) is 0. The molecule has 0 atom stereocenters. The van der Waals surface area contributed by atoms with Crippen LogP contribution >= 0.6 is 0 Å². The Labute approximate surface area is 156 Å². The molecule has 0 amide bonds. The highest BCUT2D eigenvalue weighted by Crippen LogP contribution is 2.30. The Morgan fingerprint density at radius 1 is 1.00 bits per heavy atom. The Balaban J connectivity index is 2.34. The zero-order chi connectivity index (χ0) is 20.2. The molecule has 0 aliphatic carbocycles. The van der Waals surface area contributed by atoms with Crippen molar-refractivity contribution in [1.29, 1.82) is 0 Å². The lowest BCUT2D eigenvalue weighted by molar-refractivity contribution is -0.275. The van der Waals surface area contributed by atoms with Gasteiger partial charge in [0, 0.05) is 5.56 Å². The second kappa shape index (κ2) is 8.30. The predicted octanol–water partition coefficient (Wildman–Crippen LogP) is 6.17. The van der Waals surface area contributed by atoms with Gasteiger partial charge in [0.15, 0.2) is 0 Å². The minimum Gasteiger partial charge on any atom is -0.405 e. The molecule has 5 heteroatoms. The maximum absolute atomic E-state index is 14.4. The van der Waals surface area contributed by atoms with Crippen LogP contribution < -0.4 is 4.74 Å². The van der Waals surface area contributed by atoms with Gasteiger partial charge in [0.2, 0.25) is 0 Å². The van der Waals surface area contributed by atoms with Crippen LogP contribution in [0.2, 0.25) is 0 Å². The second-order valence-corrected chi connectivity index (χ2v) is 6.33. The summed E-state index contributed by atoms with van der Waals surface area (Å²) >= 11 is 0. The average molecular weight is 376 g/mol. The van der Waals surface area contributed by atoms with Crippen LogP contribution in [0.25, 0.3) is 0 Å². The molecule has 0 fully saturated rings. The number of halogens is 4. The van der Waals surface area contributed by atoms with E-state index in [1.165, 1.54) is 32.0 Å². The number of allylic oxidation sites excluding steroid dienone is 1. The Hall–Kier alpha value is -2.74. The quantitative estimate of drug-likeness (QED) is 0.352. The second-order valence-electron chi connectivity index (χ2n) is 6.33. The van der Waals surface area contributed by atoms with Crippen molar-refractivity contribution in [1.82, 2.24) is 0 Å². The van der Waals surface area contributed by atoms with Crippen molar-refractivity contribution < 1.29 is 22.3 Å². The minimum absolute atomic E-state index is 0.234. The van der Waals surface area contributed by atoms with Crippen LogP contribution in [0, 0.1) is 38.4 Å². The summed E-state index contributed by atoms with van der Waals surface area (Å²) in [6.45, 7) is 8.46. The van der Waals surface area contributed by atoms with Crippen molar-refractivity contribution >= 4 is 0 Å². The van der Waals surface area contributed by atoms with E-state index < -0.39 is 12.2 Å². The molecule has 2 aromatic rings. The predicted molar refractivity (Wildman–Crippen MR) is 98.2 cm³/mol. The van der Waals surface area contributed by atoms with Gasteiger partial charge in [-0.2, -0.15) is 0 Å². The van der Waals surface area contributed by atoms with Gasteiger partial charge in [-0.25, -0.2) is 4.39 Å². The number of hydrogen-bond acceptors (Lipinski definition) is 1. The van der Waals surface area contributed by atoms with Gasteiger partial charge in [-0.15, -0.1) is 19.8 Å². The fourth-order valence-corrected chi connectivity index (χ4v) is 2.82. The number of aryl methyl sites for hydroxylation is 4. The van der Waals surface area contributed by atoms with Crippen molar-refractivity contribution in [2.45, 2.75) is 40.0 Å². The zero-order valence-electron chi connectivity index (χ0n) is 15.4. The molecule has 2 aromatic carbocycles. The zero-order valence-corrected chi connectivity index (χ0v) is 15.4. The van der Waals surface area contributed by atoms with E-state index in [4.69, 9.17) is 0 Å². The third-order valence-electron chi connectivity index (χ3n) is 3.99. The van der Waals surface area contributed by atoms with E-state index in [1.54, 1.807) is 13.0 Å². The molecule has 2 rings (SSSR count). The molecule has 0 saturated heterocycles. The molecule has 0 aliphatic rings. The number of alkyl halides is 3. The fourth-order valence-electron chi connectivity index (χ4n) is 2.82. The monoisotopic (exact) mass is 376 g/mol. The molecule has 27 heavy (non-hydrogen) atoms. The molecule has 0 aliphatic heterocycles. The maximum Gasteiger partial charge on any atom is 0.573 e. The largest absolute Gasteiger partial charge is 0.573 e. The van der Waals surface area contributed by atoms with Gasteiger partial charge in [0.1, 0.15) is 11.6 Å². The van der Waals surface area contributed by atoms with Crippen molar-refractivity contribution in [3.63, 3.8) is 0 Å². The molecule has 0 radical (unpaired) electrons. The minimum atomic E-state index is -4.75. The van der Waals surface area contributed by atoms with Crippen LogP contribution in [0.3, 0.4) is 0 Å². The molecular formula is C22H20F4O. The molecular weight excluding hydrogens is 356 g/mol. The van der Waals surface area contributed by atoms with Crippen LogP contribution in [-0.4, -0.2) is 6.36 Å². The van der Waals surface area contributed by atoms with E-state index in [1.807, 2.05) is 6.07 Å². The Kier molecular flexibility index (Phi) is 6.32. The fraction of sp³-hybridized carbons (Fsp3) is 0.273. The first kappa shape index (κ1) is 20.6. The van der Waals surface area contributed by atoms with E-state index in [-0.39, 0.29) is 11.3 Å². The van der Waals surface area contributed by atoms with Gasteiger partial charge < -0.3 is 4.74 Å². The first-order valence-corrected chi connectivity index (χ1v) is 8.39. The summed E-state index contributed by atoms with van der Waals surface area (Å²) in [5, 5.41) is 0. The summed E-state index contributed by atoms with van der Waals surface area (Å²) in [6.07, 6.45) is -1.52. The highest BCUT2D eigenvalue weighted by atomic mass is 19.4. The highest BCUT2D eigenvalue weighted by molar-refractivity contribution is 5.52. The Morgan fingerprint density at radius 2 is 1.63 bits per heavy atom. The summed E-state index contributed by atoms with van der Waals surface area (Å²) in [4.78, 5) is 0. The summed E-state index contributed by atoms with van der Waals surface area (Å²) < 4.78 is 55.8. The molecule has 0 spiro atoms. The van der Waals surface area contributed by atoms with Crippen LogP contribution in [0.1, 0.15) is 39.8 Å². The van der Waals surface area contributed by atoms with Gasteiger partial charge in [-0.05, 0) is 74.1 Å². The van der Waals surface area contributed by atoms with E-state index in [0.717, 1.165) is 12.0 Å². The molecule has 0 N–H and O–H groups in total. The van der Waals surface area contributed by atoms with Gasteiger partial charge >= 0.3 is 6.36 Å². The molecule has 0 unspecified atom stereocenters. The normalized spacial score (nSPS) is 10.9. The molecule has 1 nitrogen and oxygen atoms in total. The smallest absolute Gasteiger partial charge is 0.405 e. The standard InChI is InChI=1S/C22H20F4O/c1-5-6-7-17-10-14(2)19(20(23)13-17)9-8-18-11-15(3)21(16(4)12-18)27-22(24,25)26/h5,10-13H,1,6-7H2,2-4H3. The van der Waals surface area contributed by atoms with Crippen molar-refractivity contribution in [3.8, 4) is 17.6 Å². The Bertz CT molecular complexity index is 868. The first-order chi connectivity index (χ1) is 12.6. The van der Waals surface area contributed by atoms with E-state index in [2.05, 4.69) is 23.2 Å².